The second kappa shape index (κ2) is 6.66. The van der Waals surface area contributed by atoms with Crippen LogP contribution in [0.4, 0.5) is 8.78 Å². The first-order valence-electron chi connectivity index (χ1n) is 8.45. The number of benzene rings is 2. The van der Waals surface area contributed by atoms with Crippen molar-refractivity contribution in [1.82, 2.24) is 14.5 Å². The maximum Gasteiger partial charge on any atom is 0.264 e. The average molecular weight is 383 g/mol. The number of hydrogen-bond donors (Lipinski definition) is 1. The Labute approximate surface area is 158 Å². The quantitative estimate of drug-likeness (QED) is 0.493. The number of pyridine rings is 1. The lowest BCUT2D eigenvalue weighted by Crippen LogP contribution is -2.17. The maximum atomic E-state index is 13.8. The summed E-state index contributed by atoms with van der Waals surface area (Å²) in [5, 5.41) is 1.76. The van der Waals surface area contributed by atoms with E-state index in [-0.39, 0.29) is 21.4 Å². The monoisotopic (exact) mass is 383 g/mol. The molecule has 0 radical (unpaired) electrons. The number of aromatic amines is 1. The van der Waals surface area contributed by atoms with Crippen LogP contribution in [0.3, 0.4) is 0 Å². The molecule has 7 heteroatoms. The van der Waals surface area contributed by atoms with E-state index in [0.29, 0.717) is 12.2 Å². The molecule has 136 valence electrons. The summed E-state index contributed by atoms with van der Waals surface area (Å²) in [6.07, 6.45) is -2.81. The van der Waals surface area contributed by atoms with Gasteiger partial charge in [-0.1, -0.05) is 42.5 Å². The van der Waals surface area contributed by atoms with Gasteiger partial charge in [-0.2, -0.15) is 0 Å². The number of rotatable bonds is 3. The molecule has 0 saturated carbocycles. The van der Waals surface area contributed by atoms with Gasteiger partial charge in [0.25, 0.3) is 12.0 Å². The van der Waals surface area contributed by atoms with Crippen LogP contribution in [0.5, 0.6) is 0 Å². The van der Waals surface area contributed by atoms with Gasteiger partial charge in [-0.25, -0.2) is 13.8 Å². The molecule has 0 unspecified atom stereocenters. The van der Waals surface area contributed by atoms with Crippen LogP contribution < -0.4 is 5.56 Å². The summed E-state index contributed by atoms with van der Waals surface area (Å²) in [6.45, 7) is 2.22. The van der Waals surface area contributed by atoms with E-state index in [1.54, 1.807) is 4.57 Å². The van der Waals surface area contributed by atoms with E-state index >= 15 is 0 Å². The van der Waals surface area contributed by atoms with Crippen LogP contribution in [0.25, 0.3) is 33.1 Å². The van der Waals surface area contributed by atoms with Gasteiger partial charge in [0.15, 0.2) is 4.77 Å². The molecular formula is C20H15F2N3OS. The van der Waals surface area contributed by atoms with Crippen molar-refractivity contribution >= 4 is 34.0 Å². The first-order valence-corrected chi connectivity index (χ1v) is 8.86. The molecule has 2 aromatic heterocycles. The number of H-pyrrole nitrogens is 1. The van der Waals surface area contributed by atoms with E-state index in [2.05, 4.69) is 9.97 Å². The highest BCUT2D eigenvalue weighted by molar-refractivity contribution is 7.71. The van der Waals surface area contributed by atoms with Gasteiger partial charge in [0.2, 0.25) is 0 Å². The molecule has 0 spiro atoms. The lowest BCUT2D eigenvalue weighted by Gasteiger charge is -2.14. The lowest BCUT2D eigenvalue weighted by molar-refractivity contribution is 0.153. The Morgan fingerprint density at radius 1 is 1.19 bits per heavy atom. The summed E-state index contributed by atoms with van der Waals surface area (Å²) in [4.78, 5) is 19.4. The van der Waals surface area contributed by atoms with E-state index in [4.69, 9.17) is 12.2 Å². The Hall–Kier alpha value is -2.93. The number of halogens is 2. The zero-order valence-electron chi connectivity index (χ0n) is 14.4. The van der Waals surface area contributed by atoms with Crippen molar-refractivity contribution in [3.05, 3.63) is 69.2 Å². The minimum atomic E-state index is -2.81. The van der Waals surface area contributed by atoms with E-state index in [9.17, 15) is 13.6 Å². The lowest BCUT2D eigenvalue weighted by atomic mass is 10.00. The van der Waals surface area contributed by atoms with Gasteiger partial charge in [-0.05, 0) is 36.0 Å². The third-order valence-corrected chi connectivity index (χ3v) is 4.92. The van der Waals surface area contributed by atoms with E-state index in [1.165, 1.54) is 6.07 Å². The normalized spacial score (nSPS) is 11.6. The van der Waals surface area contributed by atoms with Crippen molar-refractivity contribution in [2.75, 3.05) is 0 Å². The highest BCUT2D eigenvalue weighted by Crippen LogP contribution is 2.32. The number of alkyl halides is 2. The summed E-state index contributed by atoms with van der Waals surface area (Å²) in [6, 6.07) is 14.6. The van der Waals surface area contributed by atoms with Crippen LogP contribution in [-0.4, -0.2) is 14.5 Å². The van der Waals surface area contributed by atoms with E-state index in [0.717, 1.165) is 16.3 Å². The number of nitrogens with one attached hydrogen (secondary N) is 1. The molecule has 0 aliphatic carbocycles. The van der Waals surface area contributed by atoms with Gasteiger partial charge in [0.1, 0.15) is 5.65 Å². The molecule has 0 aliphatic rings. The van der Waals surface area contributed by atoms with Crippen molar-refractivity contribution < 1.29 is 8.78 Å². The average Bonchev–Trinajstić information content (AvgIpc) is 2.66. The minimum absolute atomic E-state index is 0.121. The molecule has 2 heterocycles. The molecule has 1 N–H and O–H groups in total. The van der Waals surface area contributed by atoms with Crippen molar-refractivity contribution in [2.24, 2.45) is 0 Å². The molecule has 0 amide bonds. The SMILES string of the molecule is CCn1c(=S)[nH]c(=O)c2c(C(F)F)cc(-c3cccc4ccccc34)nc21. The Bertz CT molecular complexity index is 1290. The topological polar surface area (TPSA) is 50.7 Å². The number of nitrogens with zero attached hydrogens (tertiary/aromatic N) is 2. The van der Waals surface area contributed by atoms with Crippen LogP contribution in [0, 0.1) is 4.77 Å². The van der Waals surface area contributed by atoms with Crippen molar-refractivity contribution in [1.29, 1.82) is 0 Å². The van der Waals surface area contributed by atoms with Crippen molar-refractivity contribution in [2.45, 2.75) is 19.9 Å². The summed E-state index contributed by atoms with van der Waals surface area (Å²) in [5.41, 5.74) is 0.294. The Balaban J connectivity index is 2.17. The highest BCUT2D eigenvalue weighted by Gasteiger charge is 2.20. The molecule has 2 aromatic carbocycles. The summed E-state index contributed by atoms with van der Waals surface area (Å²) >= 11 is 5.19. The van der Waals surface area contributed by atoms with E-state index in [1.807, 2.05) is 49.4 Å². The largest absolute Gasteiger partial charge is 0.303 e. The standard InChI is InChI=1S/C20H15F2N3OS/c1-2-25-18-16(19(26)24-20(25)27)14(17(21)22)10-15(23-18)13-9-5-7-11-6-3-4-8-12(11)13/h3-10,17H,2H2,1H3,(H,24,26,27). The Morgan fingerprint density at radius 2 is 1.93 bits per heavy atom. The van der Waals surface area contributed by atoms with Crippen LogP contribution >= 0.6 is 12.2 Å². The molecule has 4 nitrogen and oxygen atoms in total. The minimum Gasteiger partial charge on any atom is -0.303 e. The number of aromatic nitrogens is 3. The third kappa shape index (κ3) is 2.84. The second-order valence-electron chi connectivity index (χ2n) is 6.13. The third-order valence-electron chi connectivity index (χ3n) is 4.60. The highest BCUT2D eigenvalue weighted by atomic mass is 32.1. The summed E-state index contributed by atoms with van der Waals surface area (Å²) < 4.78 is 29.3. The number of aryl methyl sites for hydroxylation is 1. The fraction of sp³-hybridized carbons (Fsp3) is 0.150. The Morgan fingerprint density at radius 3 is 2.67 bits per heavy atom. The fourth-order valence-electron chi connectivity index (χ4n) is 3.35. The number of hydrogen-bond acceptors (Lipinski definition) is 3. The molecule has 0 atom stereocenters. The maximum absolute atomic E-state index is 13.8. The Kier molecular flexibility index (Phi) is 4.31. The van der Waals surface area contributed by atoms with Gasteiger partial charge in [0, 0.05) is 17.7 Å². The molecule has 0 saturated heterocycles. The van der Waals surface area contributed by atoms with Crippen LogP contribution in [0.15, 0.2) is 53.3 Å². The zero-order chi connectivity index (χ0) is 19.1. The first kappa shape index (κ1) is 17.5. The molecular weight excluding hydrogens is 368 g/mol. The van der Waals surface area contributed by atoms with Crippen molar-refractivity contribution in [3.63, 3.8) is 0 Å². The second-order valence-corrected chi connectivity index (χ2v) is 6.51. The van der Waals surface area contributed by atoms with E-state index < -0.39 is 12.0 Å². The molecule has 4 rings (SSSR count). The molecule has 4 aromatic rings. The number of fused-ring (bicyclic) bond motifs is 2. The predicted molar refractivity (Wildman–Crippen MR) is 105 cm³/mol. The first-order chi connectivity index (χ1) is 13.0. The van der Waals surface area contributed by atoms with Gasteiger partial charge in [-0.15, -0.1) is 0 Å². The summed E-state index contributed by atoms with van der Waals surface area (Å²) in [5.74, 6) is 0. The van der Waals surface area contributed by atoms with Crippen LogP contribution in [0.1, 0.15) is 18.9 Å². The van der Waals surface area contributed by atoms with Gasteiger partial charge >= 0.3 is 0 Å². The fourth-order valence-corrected chi connectivity index (χ4v) is 3.66. The van der Waals surface area contributed by atoms with Crippen LogP contribution in [0.2, 0.25) is 0 Å². The van der Waals surface area contributed by atoms with Gasteiger partial charge < -0.3 is 4.57 Å². The summed E-state index contributed by atoms with van der Waals surface area (Å²) in [7, 11) is 0. The molecule has 0 bridgehead atoms. The molecule has 0 fully saturated rings. The van der Waals surface area contributed by atoms with Gasteiger partial charge in [-0.3, -0.25) is 9.78 Å². The predicted octanol–water partition coefficient (Wildman–Crippen LogP) is 5.23. The molecule has 0 aliphatic heterocycles. The van der Waals surface area contributed by atoms with Crippen molar-refractivity contribution in [3.8, 4) is 11.3 Å². The van der Waals surface area contributed by atoms with Gasteiger partial charge in [0.05, 0.1) is 11.1 Å². The zero-order valence-corrected chi connectivity index (χ0v) is 15.2. The smallest absolute Gasteiger partial charge is 0.264 e. The molecule has 27 heavy (non-hydrogen) atoms. The van der Waals surface area contributed by atoms with Crippen LogP contribution in [-0.2, 0) is 6.54 Å².